The van der Waals surface area contributed by atoms with Gasteiger partial charge in [0.15, 0.2) is 0 Å². The van der Waals surface area contributed by atoms with Crippen LogP contribution in [-0.4, -0.2) is 11.2 Å². The summed E-state index contributed by atoms with van der Waals surface area (Å²) in [7, 11) is 0. The number of hydrogen-bond acceptors (Lipinski definition) is 3. The van der Waals surface area contributed by atoms with Gasteiger partial charge in [0.05, 0.1) is 18.2 Å². The second-order valence-electron chi connectivity index (χ2n) is 2.91. The standard InChI is InChI=1S/C8H10F3N3/c9-8(10,11)4-5(12)6-2-1-3-7(13)14-6/h1-3,5H,4,12H2,(H2,13,14). The molecule has 78 valence electrons. The second kappa shape index (κ2) is 3.83. The van der Waals surface area contributed by atoms with Gasteiger partial charge in [-0.05, 0) is 12.1 Å². The molecule has 4 N–H and O–H groups in total. The Morgan fingerprint density at radius 3 is 2.50 bits per heavy atom. The van der Waals surface area contributed by atoms with Crippen LogP contribution in [0.3, 0.4) is 0 Å². The fourth-order valence-electron chi connectivity index (χ4n) is 1.03. The van der Waals surface area contributed by atoms with E-state index in [1.165, 1.54) is 18.2 Å². The first kappa shape index (κ1) is 10.8. The van der Waals surface area contributed by atoms with Crippen LogP contribution in [0.15, 0.2) is 18.2 Å². The van der Waals surface area contributed by atoms with Gasteiger partial charge in [0.2, 0.25) is 0 Å². The number of anilines is 1. The van der Waals surface area contributed by atoms with Crippen molar-refractivity contribution in [2.45, 2.75) is 18.6 Å². The van der Waals surface area contributed by atoms with Gasteiger partial charge in [0.25, 0.3) is 0 Å². The Hall–Kier alpha value is -1.30. The van der Waals surface area contributed by atoms with Crippen molar-refractivity contribution in [3.63, 3.8) is 0 Å². The minimum atomic E-state index is -4.29. The highest BCUT2D eigenvalue weighted by Gasteiger charge is 2.31. The van der Waals surface area contributed by atoms with Crippen molar-refractivity contribution < 1.29 is 13.2 Å². The van der Waals surface area contributed by atoms with Gasteiger partial charge >= 0.3 is 6.18 Å². The van der Waals surface area contributed by atoms with Gasteiger partial charge in [0, 0.05) is 0 Å². The summed E-state index contributed by atoms with van der Waals surface area (Å²) in [6, 6.07) is 3.28. The zero-order chi connectivity index (χ0) is 10.8. The molecule has 0 amide bonds. The largest absolute Gasteiger partial charge is 0.390 e. The maximum Gasteiger partial charge on any atom is 0.390 e. The highest BCUT2D eigenvalue weighted by Crippen LogP contribution is 2.27. The Bertz CT molecular complexity index is 311. The lowest BCUT2D eigenvalue weighted by Crippen LogP contribution is -2.21. The number of nitrogens with zero attached hydrogens (tertiary/aromatic N) is 1. The SMILES string of the molecule is Nc1cccc(C(N)CC(F)(F)F)n1. The minimum absolute atomic E-state index is 0.155. The van der Waals surface area contributed by atoms with Crippen molar-refractivity contribution >= 4 is 5.82 Å². The number of nitrogens with two attached hydrogens (primary N) is 2. The van der Waals surface area contributed by atoms with Crippen LogP contribution in [0.5, 0.6) is 0 Å². The van der Waals surface area contributed by atoms with Crippen LogP contribution in [0, 0.1) is 0 Å². The number of hydrogen-bond donors (Lipinski definition) is 2. The molecule has 0 spiro atoms. The average molecular weight is 205 g/mol. The lowest BCUT2D eigenvalue weighted by molar-refractivity contribution is -0.138. The molecule has 0 saturated carbocycles. The average Bonchev–Trinajstić information content (AvgIpc) is 2.01. The molecule has 1 atom stereocenters. The molecule has 6 heteroatoms. The van der Waals surface area contributed by atoms with E-state index in [4.69, 9.17) is 11.5 Å². The number of alkyl halides is 3. The van der Waals surface area contributed by atoms with Gasteiger partial charge in [-0.3, -0.25) is 0 Å². The molecule has 1 aromatic heterocycles. The van der Waals surface area contributed by atoms with E-state index in [9.17, 15) is 13.2 Å². The van der Waals surface area contributed by atoms with Crippen LogP contribution in [-0.2, 0) is 0 Å². The summed E-state index contributed by atoms with van der Waals surface area (Å²) in [6.07, 6.45) is -5.38. The number of halogens is 3. The maximum absolute atomic E-state index is 12.0. The zero-order valence-electron chi connectivity index (χ0n) is 7.25. The maximum atomic E-state index is 12.0. The van der Waals surface area contributed by atoms with Crippen molar-refractivity contribution in [2.75, 3.05) is 5.73 Å². The zero-order valence-corrected chi connectivity index (χ0v) is 7.25. The normalized spacial score (nSPS) is 14.0. The van der Waals surface area contributed by atoms with Crippen LogP contribution in [0.25, 0.3) is 0 Å². The third kappa shape index (κ3) is 3.21. The predicted octanol–water partition coefficient (Wildman–Crippen LogP) is 1.62. The summed E-state index contributed by atoms with van der Waals surface area (Å²) >= 11 is 0. The highest BCUT2D eigenvalue weighted by atomic mass is 19.4. The number of aromatic nitrogens is 1. The number of nitrogen functional groups attached to an aromatic ring is 1. The lowest BCUT2D eigenvalue weighted by Gasteiger charge is -2.13. The van der Waals surface area contributed by atoms with E-state index in [1.54, 1.807) is 0 Å². The monoisotopic (exact) mass is 205 g/mol. The van der Waals surface area contributed by atoms with Crippen LogP contribution in [0.1, 0.15) is 18.2 Å². The van der Waals surface area contributed by atoms with E-state index in [-0.39, 0.29) is 11.5 Å². The fraction of sp³-hybridized carbons (Fsp3) is 0.375. The smallest absolute Gasteiger partial charge is 0.384 e. The molecule has 0 bridgehead atoms. The van der Waals surface area contributed by atoms with Gasteiger partial charge in [-0.1, -0.05) is 6.07 Å². The summed E-state index contributed by atoms with van der Waals surface area (Å²) < 4.78 is 35.9. The van der Waals surface area contributed by atoms with Crippen molar-refractivity contribution in [1.29, 1.82) is 0 Å². The number of pyridine rings is 1. The molecule has 1 heterocycles. The summed E-state index contributed by atoms with van der Waals surface area (Å²) in [5, 5.41) is 0. The Balaban J connectivity index is 2.74. The van der Waals surface area contributed by atoms with Crippen LogP contribution in [0.4, 0.5) is 19.0 Å². The molecule has 0 saturated heterocycles. The van der Waals surface area contributed by atoms with Crippen LogP contribution >= 0.6 is 0 Å². The Morgan fingerprint density at radius 1 is 1.36 bits per heavy atom. The molecule has 1 aromatic rings. The van der Waals surface area contributed by atoms with E-state index in [0.717, 1.165) is 0 Å². The van der Waals surface area contributed by atoms with E-state index >= 15 is 0 Å². The Morgan fingerprint density at radius 2 is 2.00 bits per heavy atom. The van der Waals surface area contributed by atoms with Crippen LogP contribution in [0.2, 0.25) is 0 Å². The summed E-state index contributed by atoms with van der Waals surface area (Å²) in [5.41, 5.74) is 10.8. The van der Waals surface area contributed by atoms with Crippen molar-refractivity contribution in [2.24, 2.45) is 5.73 Å². The van der Waals surface area contributed by atoms with Gasteiger partial charge in [-0.25, -0.2) is 4.98 Å². The molecule has 0 radical (unpaired) electrons. The molecule has 0 aliphatic carbocycles. The molecule has 0 aliphatic heterocycles. The molecule has 0 fully saturated rings. The van der Waals surface area contributed by atoms with Crippen molar-refractivity contribution in [3.8, 4) is 0 Å². The van der Waals surface area contributed by atoms with E-state index in [2.05, 4.69) is 4.98 Å². The molecule has 14 heavy (non-hydrogen) atoms. The Labute approximate surface area is 78.9 Å². The second-order valence-corrected chi connectivity index (χ2v) is 2.91. The Kier molecular flexibility index (Phi) is 2.95. The summed E-state index contributed by atoms with van der Waals surface area (Å²) in [4.78, 5) is 3.71. The highest BCUT2D eigenvalue weighted by molar-refractivity contribution is 5.29. The summed E-state index contributed by atoms with van der Waals surface area (Å²) in [5.74, 6) is 0.167. The van der Waals surface area contributed by atoms with E-state index in [1.807, 2.05) is 0 Å². The molecule has 0 aliphatic rings. The molecule has 1 unspecified atom stereocenters. The molecule has 0 aromatic carbocycles. The fourth-order valence-corrected chi connectivity index (χ4v) is 1.03. The lowest BCUT2D eigenvalue weighted by atomic mass is 10.1. The van der Waals surface area contributed by atoms with Gasteiger partial charge in [0.1, 0.15) is 5.82 Å². The molecule has 1 rings (SSSR count). The first-order valence-corrected chi connectivity index (χ1v) is 3.93. The molecular weight excluding hydrogens is 195 g/mol. The summed E-state index contributed by atoms with van der Waals surface area (Å²) in [6.45, 7) is 0. The van der Waals surface area contributed by atoms with Crippen molar-refractivity contribution in [1.82, 2.24) is 4.98 Å². The molecular formula is C8H10F3N3. The molecule has 3 nitrogen and oxygen atoms in total. The first-order chi connectivity index (χ1) is 6.38. The van der Waals surface area contributed by atoms with Crippen LogP contribution < -0.4 is 11.5 Å². The topological polar surface area (TPSA) is 64.9 Å². The van der Waals surface area contributed by atoms with Gasteiger partial charge in [-0.15, -0.1) is 0 Å². The van der Waals surface area contributed by atoms with E-state index < -0.39 is 18.6 Å². The van der Waals surface area contributed by atoms with Gasteiger partial charge < -0.3 is 11.5 Å². The third-order valence-corrected chi connectivity index (χ3v) is 1.62. The van der Waals surface area contributed by atoms with Gasteiger partial charge in [-0.2, -0.15) is 13.2 Å². The van der Waals surface area contributed by atoms with E-state index in [0.29, 0.717) is 0 Å². The first-order valence-electron chi connectivity index (χ1n) is 3.93. The minimum Gasteiger partial charge on any atom is -0.384 e. The van der Waals surface area contributed by atoms with Crippen molar-refractivity contribution in [3.05, 3.63) is 23.9 Å². The predicted molar refractivity (Wildman–Crippen MR) is 46.2 cm³/mol. The number of rotatable bonds is 2. The quantitative estimate of drug-likeness (QED) is 0.770. The third-order valence-electron chi connectivity index (χ3n) is 1.62.